The molecular weight excluding hydrogens is 442 g/mol. The predicted molar refractivity (Wildman–Crippen MR) is 138 cm³/mol. The van der Waals surface area contributed by atoms with Crippen molar-refractivity contribution in [3.8, 4) is 0 Å². The molecule has 4 heterocycles. The third-order valence-corrected chi connectivity index (χ3v) is 9.27. The fourth-order valence-corrected chi connectivity index (χ4v) is 7.00. The molecule has 6 N–H and O–H groups in total. The van der Waals surface area contributed by atoms with E-state index in [4.69, 9.17) is 4.74 Å². The fourth-order valence-electron chi connectivity index (χ4n) is 7.00. The maximum atomic E-state index is 13.2. The molecule has 0 spiro atoms. The molecule has 8 atom stereocenters. The van der Waals surface area contributed by atoms with Gasteiger partial charge in [-0.3, -0.25) is 25.6 Å². The van der Waals surface area contributed by atoms with Crippen LogP contribution in [0.5, 0.6) is 0 Å². The van der Waals surface area contributed by atoms with Crippen molar-refractivity contribution in [3.63, 3.8) is 0 Å². The summed E-state index contributed by atoms with van der Waals surface area (Å²) < 4.78 is 5.52. The van der Waals surface area contributed by atoms with Crippen molar-refractivity contribution in [3.05, 3.63) is 0 Å². The molecule has 9 nitrogen and oxygen atoms in total. The van der Waals surface area contributed by atoms with Crippen molar-refractivity contribution in [1.29, 1.82) is 0 Å². The number of nitrogens with one attached hydrogen (secondary N) is 6. The molecule has 0 aromatic carbocycles. The van der Waals surface area contributed by atoms with E-state index in [9.17, 15) is 4.79 Å². The quantitative estimate of drug-likeness (QED) is 0.304. The van der Waals surface area contributed by atoms with Gasteiger partial charge in [-0.15, -0.1) is 0 Å². The van der Waals surface area contributed by atoms with Crippen molar-refractivity contribution in [2.24, 2.45) is 17.8 Å². The average molecular weight is 492 g/mol. The highest BCUT2D eigenvalue weighted by Gasteiger charge is 2.36. The molecular formula is C26H49N7O2. The number of rotatable bonds is 6. The molecule has 0 aromatic rings. The van der Waals surface area contributed by atoms with Gasteiger partial charge in [-0.25, -0.2) is 0 Å². The lowest BCUT2D eigenvalue weighted by molar-refractivity contribution is -0.127. The van der Waals surface area contributed by atoms with Crippen molar-refractivity contribution < 1.29 is 9.53 Å². The van der Waals surface area contributed by atoms with Gasteiger partial charge in [0.1, 0.15) is 6.29 Å². The zero-order chi connectivity index (χ0) is 24.0. The first kappa shape index (κ1) is 25.8. The molecule has 5 aliphatic rings. The Morgan fingerprint density at radius 2 is 1.86 bits per heavy atom. The zero-order valence-electron chi connectivity index (χ0n) is 21.7. The smallest absolute Gasteiger partial charge is 0.224 e. The number of nitrogens with zero attached hydrogens (tertiary/aromatic N) is 1. The molecule has 5 fully saturated rings. The minimum absolute atomic E-state index is 0.0638. The molecule has 1 saturated carbocycles. The molecule has 1 aliphatic carbocycles. The maximum Gasteiger partial charge on any atom is 0.224 e. The Balaban J connectivity index is 1.09. The lowest BCUT2D eigenvalue weighted by Crippen LogP contribution is -2.66. The van der Waals surface area contributed by atoms with Crippen LogP contribution >= 0.6 is 0 Å². The second kappa shape index (κ2) is 12.6. The zero-order valence-corrected chi connectivity index (χ0v) is 21.7. The summed E-state index contributed by atoms with van der Waals surface area (Å²) in [5, 5.41) is 21.9. The Bertz CT molecular complexity index is 670. The summed E-state index contributed by atoms with van der Waals surface area (Å²) in [5.74, 6) is 1.66. The van der Waals surface area contributed by atoms with Crippen molar-refractivity contribution in [1.82, 2.24) is 36.8 Å². The van der Waals surface area contributed by atoms with Gasteiger partial charge in [-0.1, -0.05) is 6.92 Å². The van der Waals surface area contributed by atoms with Gasteiger partial charge in [0, 0.05) is 50.3 Å². The topological polar surface area (TPSA) is 102 Å². The monoisotopic (exact) mass is 491 g/mol. The first-order valence-corrected chi connectivity index (χ1v) is 14.4. The van der Waals surface area contributed by atoms with E-state index in [-0.39, 0.29) is 24.2 Å². The number of morpholine rings is 1. The molecule has 9 heteroatoms. The molecule has 35 heavy (non-hydrogen) atoms. The van der Waals surface area contributed by atoms with Crippen LogP contribution in [0.3, 0.4) is 0 Å². The Morgan fingerprint density at radius 1 is 0.971 bits per heavy atom. The van der Waals surface area contributed by atoms with Gasteiger partial charge in [0.25, 0.3) is 0 Å². The molecule has 0 aromatic heterocycles. The lowest BCUT2D eigenvalue weighted by Gasteiger charge is -2.43. The largest absolute Gasteiger partial charge is 0.379 e. The van der Waals surface area contributed by atoms with Crippen LogP contribution in [0.25, 0.3) is 0 Å². The SMILES string of the molecule is CC1CCC(NC(=O)C2CNCC(N3CCOCC3)C2)CC1NC1NCCC(C2CCCNC2)N1. The highest BCUT2D eigenvalue weighted by molar-refractivity contribution is 5.79. The van der Waals surface area contributed by atoms with Crippen LogP contribution in [0, 0.1) is 17.8 Å². The van der Waals surface area contributed by atoms with Crippen LogP contribution in [0.15, 0.2) is 0 Å². The van der Waals surface area contributed by atoms with E-state index in [0.717, 1.165) is 84.1 Å². The van der Waals surface area contributed by atoms with Gasteiger partial charge >= 0.3 is 0 Å². The third-order valence-electron chi connectivity index (χ3n) is 9.27. The van der Waals surface area contributed by atoms with E-state index in [2.05, 4.69) is 43.7 Å². The first-order chi connectivity index (χ1) is 17.2. The predicted octanol–water partition coefficient (Wildman–Crippen LogP) is -0.206. The van der Waals surface area contributed by atoms with Crippen LogP contribution in [-0.2, 0) is 9.53 Å². The van der Waals surface area contributed by atoms with E-state index in [1.54, 1.807) is 0 Å². The summed E-state index contributed by atoms with van der Waals surface area (Å²) >= 11 is 0. The molecule has 1 amide bonds. The number of carbonyl (C=O) groups is 1. The molecule has 0 radical (unpaired) electrons. The number of amides is 1. The molecule has 200 valence electrons. The normalized spacial score (nSPS) is 41.9. The number of hydrogen-bond donors (Lipinski definition) is 6. The summed E-state index contributed by atoms with van der Waals surface area (Å²) in [5.41, 5.74) is 0. The Morgan fingerprint density at radius 3 is 2.69 bits per heavy atom. The first-order valence-electron chi connectivity index (χ1n) is 14.4. The molecule has 5 rings (SSSR count). The van der Waals surface area contributed by atoms with Gasteiger partial charge in [0.15, 0.2) is 0 Å². The minimum atomic E-state index is 0.0638. The summed E-state index contributed by atoms with van der Waals surface area (Å²) in [4.78, 5) is 15.7. The lowest BCUT2D eigenvalue weighted by atomic mass is 9.82. The van der Waals surface area contributed by atoms with E-state index in [1.165, 1.54) is 25.8 Å². The highest BCUT2D eigenvalue weighted by atomic mass is 16.5. The van der Waals surface area contributed by atoms with Crippen LogP contribution in [0.4, 0.5) is 0 Å². The van der Waals surface area contributed by atoms with E-state index >= 15 is 0 Å². The average Bonchev–Trinajstić information content (AvgIpc) is 2.92. The summed E-state index contributed by atoms with van der Waals surface area (Å²) in [7, 11) is 0. The Kier molecular flexibility index (Phi) is 9.32. The summed E-state index contributed by atoms with van der Waals surface area (Å²) in [6.07, 6.45) is 8.18. The van der Waals surface area contributed by atoms with E-state index in [0.29, 0.717) is 24.0 Å². The second-order valence-electron chi connectivity index (χ2n) is 11.7. The van der Waals surface area contributed by atoms with Crippen LogP contribution in [0.1, 0.15) is 51.9 Å². The minimum Gasteiger partial charge on any atom is -0.379 e. The summed E-state index contributed by atoms with van der Waals surface area (Å²) in [6, 6.07) is 1.70. The fraction of sp³-hybridized carbons (Fsp3) is 0.962. The van der Waals surface area contributed by atoms with Crippen LogP contribution in [0.2, 0.25) is 0 Å². The maximum absolute atomic E-state index is 13.2. The highest BCUT2D eigenvalue weighted by Crippen LogP contribution is 2.26. The van der Waals surface area contributed by atoms with Crippen molar-refractivity contribution >= 4 is 5.91 Å². The number of carbonyl (C=O) groups excluding carboxylic acids is 1. The summed E-state index contributed by atoms with van der Waals surface area (Å²) in [6.45, 7) is 11.1. The molecule has 8 unspecified atom stereocenters. The number of piperidine rings is 2. The van der Waals surface area contributed by atoms with Crippen molar-refractivity contribution in [2.75, 3.05) is 59.0 Å². The van der Waals surface area contributed by atoms with Gasteiger partial charge in [-0.05, 0) is 76.4 Å². The van der Waals surface area contributed by atoms with Crippen molar-refractivity contribution in [2.45, 2.75) is 82.3 Å². The molecule has 4 aliphatic heterocycles. The Hall–Kier alpha value is -0.810. The van der Waals surface area contributed by atoms with Crippen LogP contribution in [-0.4, -0.2) is 100 Å². The number of ether oxygens (including phenoxy) is 1. The Labute approximate surface area is 211 Å². The van der Waals surface area contributed by atoms with Gasteiger partial charge in [0.2, 0.25) is 5.91 Å². The van der Waals surface area contributed by atoms with Crippen LogP contribution < -0.4 is 31.9 Å². The molecule has 4 saturated heterocycles. The third kappa shape index (κ3) is 6.94. The second-order valence-corrected chi connectivity index (χ2v) is 11.7. The molecule has 0 bridgehead atoms. The van der Waals surface area contributed by atoms with Gasteiger partial charge in [0.05, 0.1) is 19.1 Å². The standard InChI is InChI=1S/C26H49N7O2/c1-18-4-5-21(30-25(34)20-13-22(17-28-16-20)33-9-11-35-12-10-33)14-24(18)32-26-29-8-6-23(31-26)19-3-2-7-27-15-19/h18-24,26-29,31-32H,2-17H2,1H3,(H,30,34). The van der Waals surface area contributed by atoms with Gasteiger partial charge < -0.3 is 20.7 Å². The number of hydrogen-bond acceptors (Lipinski definition) is 8. The van der Waals surface area contributed by atoms with E-state index < -0.39 is 0 Å². The van der Waals surface area contributed by atoms with E-state index in [1.807, 2.05) is 0 Å². The van der Waals surface area contributed by atoms with Gasteiger partial charge in [-0.2, -0.15) is 0 Å².